The molecule has 1 amide bonds. The third-order valence-electron chi connectivity index (χ3n) is 3.94. The van der Waals surface area contributed by atoms with E-state index in [1.54, 1.807) is 22.9 Å². The minimum atomic E-state index is -0.472. The van der Waals surface area contributed by atoms with Crippen LogP contribution in [0.3, 0.4) is 0 Å². The van der Waals surface area contributed by atoms with Crippen molar-refractivity contribution in [2.45, 2.75) is 13.3 Å². The molecule has 1 aromatic carbocycles. The van der Waals surface area contributed by atoms with Gasteiger partial charge in [0.2, 0.25) is 0 Å². The molecule has 0 saturated heterocycles. The SMILES string of the molecule is CCN1CC=C(c2cc3cc(C(=O)NO)ccc3s2)CC1. The summed E-state index contributed by atoms with van der Waals surface area (Å²) in [7, 11) is 0. The Morgan fingerprint density at radius 2 is 2.29 bits per heavy atom. The number of hydrogen-bond acceptors (Lipinski definition) is 4. The Hall–Kier alpha value is -1.69. The van der Waals surface area contributed by atoms with Gasteiger partial charge < -0.3 is 0 Å². The summed E-state index contributed by atoms with van der Waals surface area (Å²) in [6.07, 6.45) is 3.38. The summed E-state index contributed by atoms with van der Waals surface area (Å²) in [4.78, 5) is 15.2. The minimum absolute atomic E-state index is 0.472. The second-order valence-corrected chi connectivity index (χ2v) is 6.26. The fourth-order valence-corrected chi connectivity index (χ4v) is 3.74. The fourth-order valence-electron chi connectivity index (χ4n) is 2.63. The summed E-state index contributed by atoms with van der Waals surface area (Å²) >= 11 is 1.76. The van der Waals surface area contributed by atoms with Crippen molar-refractivity contribution in [2.75, 3.05) is 19.6 Å². The first-order chi connectivity index (χ1) is 10.2. The van der Waals surface area contributed by atoms with Crippen LogP contribution in [0, 0.1) is 0 Å². The van der Waals surface area contributed by atoms with Gasteiger partial charge >= 0.3 is 0 Å². The summed E-state index contributed by atoms with van der Waals surface area (Å²) in [5.41, 5.74) is 3.55. The Balaban J connectivity index is 1.91. The lowest BCUT2D eigenvalue weighted by Crippen LogP contribution is -2.27. The summed E-state index contributed by atoms with van der Waals surface area (Å²) in [6, 6.07) is 7.64. The molecule has 2 aromatic rings. The van der Waals surface area contributed by atoms with E-state index in [0.717, 1.165) is 31.4 Å². The molecule has 5 heteroatoms. The van der Waals surface area contributed by atoms with Gasteiger partial charge in [-0.1, -0.05) is 13.0 Å². The number of carbonyl (C=O) groups excluding carboxylic acids is 1. The second kappa shape index (κ2) is 5.97. The van der Waals surface area contributed by atoms with E-state index in [1.807, 2.05) is 12.1 Å². The van der Waals surface area contributed by atoms with Crippen LogP contribution in [0.15, 0.2) is 30.3 Å². The van der Waals surface area contributed by atoms with Gasteiger partial charge in [-0.05, 0) is 48.2 Å². The van der Waals surface area contributed by atoms with Crippen LogP contribution in [-0.4, -0.2) is 35.6 Å². The predicted molar refractivity (Wildman–Crippen MR) is 85.8 cm³/mol. The van der Waals surface area contributed by atoms with Gasteiger partial charge in [0.25, 0.3) is 5.91 Å². The number of amides is 1. The van der Waals surface area contributed by atoms with Crippen LogP contribution in [0.25, 0.3) is 15.7 Å². The van der Waals surface area contributed by atoms with Crippen LogP contribution >= 0.6 is 11.3 Å². The molecule has 0 saturated carbocycles. The lowest BCUT2D eigenvalue weighted by Gasteiger charge is -2.24. The number of carbonyl (C=O) groups is 1. The van der Waals surface area contributed by atoms with Gasteiger partial charge in [-0.3, -0.25) is 14.9 Å². The number of hydrogen-bond donors (Lipinski definition) is 2. The number of nitrogens with one attached hydrogen (secondary N) is 1. The van der Waals surface area contributed by atoms with E-state index < -0.39 is 5.91 Å². The molecular weight excluding hydrogens is 284 g/mol. The molecular formula is C16H18N2O2S. The molecule has 2 N–H and O–H groups in total. The number of hydroxylamine groups is 1. The number of benzene rings is 1. The zero-order valence-corrected chi connectivity index (χ0v) is 12.7. The lowest BCUT2D eigenvalue weighted by molar-refractivity contribution is 0.0706. The van der Waals surface area contributed by atoms with Crippen molar-refractivity contribution in [3.05, 3.63) is 40.8 Å². The summed E-state index contributed by atoms with van der Waals surface area (Å²) < 4.78 is 1.17. The molecule has 0 unspecified atom stereocenters. The number of likely N-dealkylation sites (N-methyl/N-ethyl adjacent to an activating group) is 1. The Morgan fingerprint density at radius 3 is 2.95 bits per heavy atom. The first-order valence-electron chi connectivity index (χ1n) is 7.11. The van der Waals surface area contributed by atoms with E-state index in [4.69, 9.17) is 5.21 Å². The molecule has 1 aromatic heterocycles. The molecule has 0 fully saturated rings. The monoisotopic (exact) mass is 302 g/mol. The zero-order valence-electron chi connectivity index (χ0n) is 11.9. The zero-order chi connectivity index (χ0) is 14.8. The molecule has 3 rings (SSSR count). The first kappa shape index (κ1) is 14.3. The Kier molecular flexibility index (Phi) is 4.05. The largest absolute Gasteiger partial charge is 0.300 e. The van der Waals surface area contributed by atoms with E-state index in [1.165, 1.54) is 15.2 Å². The molecule has 0 radical (unpaired) electrons. The molecule has 110 valence electrons. The average molecular weight is 302 g/mol. The van der Waals surface area contributed by atoms with Crippen molar-refractivity contribution in [3.63, 3.8) is 0 Å². The highest BCUT2D eigenvalue weighted by Gasteiger charge is 2.14. The van der Waals surface area contributed by atoms with E-state index in [0.29, 0.717) is 5.56 Å². The van der Waals surface area contributed by atoms with Crippen molar-refractivity contribution >= 4 is 32.9 Å². The quantitative estimate of drug-likeness (QED) is 0.676. The van der Waals surface area contributed by atoms with Crippen LogP contribution in [0.5, 0.6) is 0 Å². The Labute approximate surface area is 127 Å². The molecule has 21 heavy (non-hydrogen) atoms. The third-order valence-corrected chi connectivity index (χ3v) is 5.13. The highest BCUT2D eigenvalue weighted by Crippen LogP contribution is 2.33. The smallest absolute Gasteiger partial charge is 0.274 e. The van der Waals surface area contributed by atoms with Gasteiger partial charge in [0, 0.05) is 28.2 Å². The maximum atomic E-state index is 11.5. The van der Waals surface area contributed by atoms with Gasteiger partial charge in [0.05, 0.1) is 0 Å². The van der Waals surface area contributed by atoms with Crippen molar-refractivity contribution < 1.29 is 10.0 Å². The summed E-state index contributed by atoms with van der Waals surface area (Å²) in [5, 5.41) is 9.76. The highest BCUT2D eigenvalue weighted by atomic mass is 32.1. The van der Waals surface area contributed by atoms with Gasteiger partial charge in [0.15, 0.2) is 0 Å². The van der Waals surface area contributed by atoms with E-state index >= 15 is 0 Å². The molecule has 0 aliphatic carbocycles. The Morgan fingerprint density at radius 1 is 1.43 bits per heavy atom. The molecule has 0 atom stereocenters. The van der Waals surface area contributed by atoms with Crippen molar-refractivity contribution in [1.82, 2.24) is 10.4 Å². The third kappa shape index (κ3) is 2.85. The topological polar surface area (TPSA) is 52.6 Å². The standard InChI is InChI=1S/C16H18N2O2S/c1-2-18-7-5-11(6-8-18)15-10-13-9-12(16(19)17-20)3-4-14(13)21-15/h3-5,9-10,20H,2,6-8H2,1H3,(H,17,19). The van der Waals surface area contributed by atoms with Gasteiger partial charge in [0.1, 0.15) is 0 Å². The van der Waals surface area contributed by atoms with E-state index in [-0.39, 0.29) is 0 Å². The molecule has 0 spiro atoms. The number of rotatable bonds is 3. The van der Waals surface area contributed by atoms with Crippen LogP contribution in [-0.2, 0) is 0 Å². The molecule has 1 aliphatic rings. The summed E-state index contributed by atoms with van der Waals surface area (Å²) in [6.45, 7) is 5.40. The number of thiophene rings is 1. The first-order valence-corrected chi connectivity index (χ1v) is 7.92. The lowest BCUT2D eigenvalue weighted by atomic mass is 10.1. The van der Waals surface area contributed by atoms with Crippen LogP contribution < -0.4 is 5.48 Å². The van der Waals surface area contributed by atoms with Crippen LogP contribution in [0.1, 0.15) is 28.6 Å². The molecule has 1 aliphatic heterocycles. The van der Waals surface area contributed by atoms with Crippen molar-refractivity contribution in [2.24, 2.45) is 0 Å². The van der Waals surface area contributed by atoms with Crippen LogP contribution in [0.4, 0.5) is 0 Å². The van der Waals surface area contributed by atoms with Crippen molar-refractivity contribution in [1.29, 1.82) is 0 Å². The van der Waals surface area contributed by atoms with Gasteiger partial charge in [-0.2, -0.15) is 0 Å². The van der Waals surface area contributed by atoms with Crippen molar-refractivity contribution in [3.8, 4) is 0 Å². The maximum Gasteiger partial charge on any atom is 0.274 e. The van der Waals surface area contributed by atoms with E-state index in [2.05, 4.69) is 24.0 Å². The second-order valence-electron chi connectivity index (χ2n) is 5.18. The predicted octanol–water partition coefficient (Wildman–Crippen LogP) is 3.13. The van der Waals surface area contributed by atoms with Crippen LogP contribution in [0.2, 0.25) is 0 Å². The molecule has 2 heterocycles. The fraction of sp³-hybridized carbons (Fsp3) is 0.312. The number of nitrogens with zero attached hydrogens (tertiary/aromatic N) is 1. The normalized spacial score (nSPS) is 16.0. The molecule has 0 bridgehead atoms. The Bertz CT molecular complexity index is 705. The number of fused-ring (bicyclic) bond motifs is 1. The van der Waals surface area contributed by atoms with Gasteiger partial charge in [-0.25, -0.2) is 5.48 Å². The van der Waals surface area contributed by atoms with E-state index in [9.17, 15) is 4.79 Å². The minimum Gasteiger partial charge on any atom is -0.300 e. The summed E-state index contributed by atoms with van der Waals surface area (Å²) in [5.74, 6) is -0.472. The maximum absolute atomic E-state index is 11.5. The molecule has 4 nitrogen and oxygen atoms in total. The van der Waals surface area contributed by atoms with Gasteiger partial charge in [-0.15, -0.1) is 11.3 Å². The average Bonchev–Trinajstić information content (AvgIpc) is 2.97. The highest BCUT2D eigenvalue weighted by molar-refractivity contribution is 7.20.